The zero-order valence-electron chi connectivity index (χ0n) is 13.9. The standard InChI is InChI=1S/C17H23N3O4/c1-18-15(21)11-23-14-8-17(24-10-14)5-3-7-20(12-17)16(22)13-4-2-6-19-9-13/h2,4,6,9,14H,3,5,7-8,10-12H2,1H3,(H,18,21). The SMILES string of the molecule is CNC(=O)COC1COC2(CCCN(C(=O)c3cccnc3)C2)C1. The maximum atomic E-state index is 12.6. The third-order valence-corrected chi connectivity index (χ3v) is 4.64. The summed E-state index contributed by atoms with van der Waals surface area (Å²) in [6.45, 7) is 1.79. The Morgan fingerprint density at radius 2 is 2.42 bits per heavy atom. The second-order valence-corrected chi connectivity index (χ2v) is 6.38. The van der Waals surface area contributed by atoms with Crippen molar-refractivity contribution in [1.82, 2.24) is 15.2 Å². The van der Waals surface area contributed by atoms with Gasteiger partial charge >= 0.3 is 0 Å². The number of rotatable bonds is 4. The number of piperidine rings is 1. The Labute approximate surface area is 141 Å². The van der Waals surface area contributed by atoms with Gasteiger partial charge in [0.05, 0.1) is 30.4 Å². The summed E-state index contributed by atoms with van der Waals surface area (Å²) in [6, 6.07) is 3.54. The molecule has 1 aromatic heterocycles. The van der Waals surface area contributed by atoms with Crippen LogP contribution in [-0.4, -0.2) is 66.8 Å². The van der Waals surface area contributed by atoms with E-state index in [9.17, 15) is 9.59 Å². The maximum Gasteiger partial charge on any atom is 0.255 e. The third kappa shape index (κ3) is 3.73. The second-order valence-electron chi connectivity index (χ2n) is 6.38. The Morgan fingerprint density at radius 1 is 1.54 bits per heavy atom. The average Bonchev–Trinajstić information content (AvgIpc) is 3.02. The van der Waals surface area contributed by atoms with Gasteiger partial charge in [-0.25, -0.2) is 0 Å². The van der Waals surface area contributed by atoms with E-state index in [-0.39, 0.29) is 30.1 Å². The molecule has 0 radical (unpaired) electrons. The van der Waals surface area contributed by atoms with Crippen LogP contribution >= 0.6 is 0 Å². The molecule has 1 N–H and O–H groups in total. The van der Waals surface area contributed by atoms with Crippen LogP contribution in [0.15, 0.2) is 24.5 Å². The maximum absolute atomic E-state index is 12.6. The van der Waals surface area contributed by atoms with Gasteiger partial charge in [0.2, 0.25) is 5.91 Å². The van der Waals surface area contributed by atoms with Gasteiger partial charge in [-0.05, 0) is 25.0 Å². The van der Waals surface area contributed by atoms with E-state index in [1.54, 1.807) is 31.6 Å². The predicted molar refractivity (Wildman–Crippen MR) is 86.5 cm³/mol. The Hall–Kier alpha value is -1.99. The second kappa shape index (κ2) is 7.27. The molecule has 2 aliphatic rings. The van der Waals surface area contributed by atoms with Gasteiger partial charge in [-0.1, -0.05) is 0 Å². The topological polar surface area (TPSA) is 80.8 Å². The first-order chi connectivity index (χ1) is 11.6. The van der Waals surface area contributed by atoms with Gasteiger partial charge in [-0.3, -0.25) is 14.6 Å². The predicted octanol–water partition coefficient (Wildman–Crippen LogP) is 0.608. The number of hydrogen-bond donors (Lipinski definition) is 1. The minimum absolute atomic E-state index is 0.0134. The lowest BCUT2D eigenvalue weighted by Crippen LogP contribution is -2.50. The lowest BCUT2D eigenvalue weighted by atomic mass is 9.89. The first-order valence-corrected chi connectivity index (χ1v) is 8.27. The highest BCUT2D eigenvalue weighted by Crippen LogP contribution is 2.36. The Bertz CT molecular complexity index is 595. The van der Waals surface area contributed by atoms with Crippen molar-refractivity contribution in [3.8, 4) is 0 Å². The molecule has 2 aliphatic heterocycles. The number of nitrogens with zero attached hydrogens (tertiary/aromatic N) is 2. The molecule has 0 bridgehead atoms. The van der Waals surface area contributed by atoms with E-state index in [2.05, 4.69) is 10.3 Å². The van der Waals surface area contributed by atoms with E-state index in [4.69, 9.17) is 9.47 Å². The van der Waals surface area contributed by atoms with Gasteiger partial charge in [0.1, 0.15) is 6.61 Å². The summed E-state index contributed by atoms with van der Waals surface area (Å²) in [5.41, 5.74) is 0.240. The molecule has 3 rings (SSSR count). The summed E-state index contributed by atoms with van der Waals surface area (Å²) in [4.78, 5) is 29.8. The molecule has 130 valence electrons. The van der Waals surface area contributed by atoms with Crippen LogP contribution in [-0.2, 0) is 14.3 Å². The van der Waals surface area contributed by atoms with Crippen molar-refractivity contribution in [1.29, 1.82) is 0 Å². The molecule has 2 unspecified atom stereocenters. The summed E-state index contributed by atoms with van der Waals surface area (Å²) < 4.78 is 11.6. The summed E-state index contributed by atoms with van der Waals surface area (Å²) in [7, 11) is 1.58. The van der Waals surface area contributed by atoms with Crippen LogP contribution in [0.25, 0.3) is 0 Å². The Balaban J connectivity index is 1.59. The number of aromatic nitrogens is 1. The highest BCUT2D eigenvalue weighted by atomic mass is 16.6. The van der Waals surface area contributed by atoms with Gasteiger partial charge in [0, 0.05) is 32.4 Å². The quantitative estimate of drug-likeness (QED) is 0.873. The van der Waals surface area contributed by atoms with Crippen molar-refractivity contribution in [2.45, 2.75) is 31.0 Å². The summed E-state index contributed by atoms with van der Waals surface area (Å²) >= 11 is 0. The van der Waals surface area contributed by atoms with Crippen molar-refractivity contribution in [2.75, 3.05) is 33.4 Å². The molecule has 3 heterocycles. The number of nitrogens with one attached hydrogen (secondary N) is 1. The van der Waals surface area contributed by atoms with Crippen LogP contribution in [0.5, 0.6) is 0 Å². The van der Waals surface area contributed by atoms with E-state index in [0.717, 1.165) is 19.4 Å². The van der Waals surface area contributed by atoms with Crippen LogP contribution in [0.1, 0.15) is 29.6 Å². The Kier molecular flexibility index (Phi) is 5.11. The first-order valence-electron chi connectivity index (χ1n) is 8.27. The minimum Gasteiger partial charge on any atom is -0.370 e. The number of amides is 2. The number of carbonyl (C=O) groups is 2. The van der Waals surface area contributed by atoms with Gasteiger partial charge in [0.25, 0.3) is 5.91 Å². The van der Waals surface area contributed by atoms with Crippen LogP contribution < -0.4 is 5.32 Å². The molecule has 1 aromatic rings. The van der Waals surface area contributed by atoms with Crippen LogP contribution in [0.4, 0.5) is 0 Å². The fourth-order valence-corrected chi connectivity index (χ4v) is 3.40. The average molecular weight is 333 g/mol. The molecule has 24 heavy (non-hydrogen) atoms. The number of likely N-dealkylation sites (N-methyl/N-ethyl adjacent to an activating group) is 1. The van der Waals surface area contributed by atoms with Crippen molar-refractivity contribution < 1.29 is 19.1 Å². The van der Waals surface area contributed by atoms with E-state index in [1.165, 1.54) is 0 Å². The molecule has 0 saturated carbocycles. The van der Waals surface area contributed by atoms with Crippen molar-refractivity contribution in [3.05, 3.63) is 30.1 Å². The van der Waals surface area contributed by atoms with Crippen molar-refractivity contribution in [3.63, 3.8) is 0 Å². The fourth-order valence-electron chi connectivity index (χ4n) is 3.40. The Morgan fingerprint density at radius 3 is 3.17 bits per heavy atom. The number of hydrogen-bond acceptors (Lipinski definition) is 5. The molecular weight excluding hydrogens is 310 g/mol. The molecule has 0 aromatic carbocycles. The smallest absolute Gasteiger partial charge is 0.255 e. The van der Waals surface area contributed by atoms with Crippen LogP contribution in [0.2, 0.25) is 0 Å². The third-order valence-electron chi connectivity index (χ3n) is 4.64. The number of likely N-dealkylation sites (tertiary alicyclic amines) is 1. The molecule has 7 nitrogen and oxygen atoms in total. The molecule has 0 aliphatic carbocycles. The van der Waals surface area contributed by atoms with Crippen molar-refractivity contribution in [2.24, 2.45) is 0 Å². The number of ether oxygens (including phenoxy) is 2. The first kappa shape index (κ1) is 16.9. The minimum atomic E-state index is -0.358. The molecule has 2 amide bonds. The van der Waals surface area contributed by atoms with Gasteiger partial charge in [0.15, 0.2) is 0 Å². The van der Waals surface area contributed by atoms with Crippen LogP contribution in [0, 0.1) is 0 Å². The zero-order valence-corrected chi connectivity index (χ0v) is 13.9. The molecule has 1 spiro atoms. The summed E-state index contributed by atoms with van der Waals surface area (Å²) in [5.74, 6) is -0.159. The zero-order chi connectivity index (χ0) is 17.0. The van der Waals surface area contributed by atoms with Crippen LogP contribution in [0.3, 0.4) is 0 Å². The largest absolute Gasteiger partial charge is 0.370 e. The van der Waals surface area contributed by atoms with E-state index in [0.29, 0.717) is 25.1 Å². The number of carbonyl (C=O) groups excluding carboxylic acids is 2. The van der Waals surface area contributed by atoms with E-state index in [1.807, 2.05) is 4.90 Å². The summed E-state index contributed by atoms with van der Waals surface area (Å²) in [5, 5.41) is 2.54. The van der Waals surface area contributed by atoms with E-state index >= 15 is 0 Å². The molecule has 7 heteroatoms. The molecule has 2 saturated heterocycles. The lowest BCUT2D eigenvalue weighted by Gasteiger charge is -2.39. The fraction of sp³-hybridized carbons (Fsp3) is 0.588. The van der Waals surface area contributed by atoms with Gasteiger partial charge in [-0.15, -0.1) is 0 Å². The molecular formula is C17H23N3O4. The van der Waals surface area contributed by atoms with E-state index < -0.39 is 0 Å². The molecule has 2 fully saturated rings. The number of pyridine rings is 1. The lowest BCUT2D eigenvalue weighted by molar-refractivity contribution is -0.127. The highest BCUT2D eigenvalue weighted by Gasteiger charge is 2.45. The van der Waals surface area contributed by atoms with Gasteiger partial charge < -0.3 is 19.7 Å². The highest BCUT2D eigenvalue weighted by molar-refractivity contribution is 5.94. The summed E-state index contributed by atoms with van der Waals surface area (Å²) in [6.07, 6.45) is 5.66. The monoisotopic (exact) mass is 333 g/mol. The molecule has 2 atom stereocenters. The van der Waals surface area contributed by atoms with Gasteiger partial charge in [-0.2, -0.15) is 0 Å². The van der Waals surface area contributed by atoms with Crippen molar-refractivity contribution >= 4 is 11.8 Å². The normalized spacial score (nSPS) is 26.5.